The van der Waals surface area contributed by atoms with Gasteiger partial charge in [-0.1, -0.05) is 6.07 Å². The minimum Gasteiger partial charge on any atom is -0.495 e. The van der Waals surface area contributed by atoms with Crippen LogP contribution in [0, 0.1) is 12.7 Å². The Morgan fingerprint density at radius 2 is 1.85 bits per heavy atom. The first-order valence-electron chi connectivity index (χ1n) is 7.86. The topological polar surface area (TPSA) is 76.1 Å². The number of nitrogens with one attached hydrogen (secondary N) is 2. The van der Waals surface area contributed by atoms with Gasteiger partial charge in [0.2, 0.25) is 0 Å². The first-order valence-corrected chi connectivity index (χ1v) is 7.86. The van der Waals surface area contributed by atoms with Crippen molar-refractivity contribution in [2.75, 3.05) is 17.7 Å². The molecule has 0 spiro atoms. The van der Waals surface area contributed by atoms with Gasteiger partial charge in [-0.3, -0.25) is 4.79 Å². The molecule has 26 heavy (non-hydrogen) atoms. The number of rotatable bonds is 5. The Labute approximate surface area is 150 Å². The monoisotopic (exact) mass is 352 g/mol. The third-order valence-corrected chi connectivity index (χ3v) is 3.60. The molecule has 0 bridgehead atoms. The van der Waals surface area contributed by atoms with E-state index in [0.29, 0.717) is 17.3 Å². The second kappa shape index (κ2) is 7.60. The van der Waals surface area contributed by atoms with E-state index in [1.807, 2.05) is 25.1 Å². The standard InChI is InChI=1S/C19H17FN4O2/c1-12-3-8-17(26-2)15(9-12)24-18-11-21-16(10-22-18)19(25)23-14-6-4-13(20)5-7-14/h3-11H,1-2H3,(H,22,24)(H,23,25). The molecular formula is C19H17FN4O2. The van der Waals surface area contributed by atoms with E-state index in [4.69, 9.17) is 4.74 Å². The number of aromatic nitrogens is 2. The third kappa shape index (κ3) is 4.13. The number of carbonyl (C=O) groups excluding carboxylic acids is 1. The maximum absolute atomic E-state index is 12.9. The number of aryl methyl sites for hydroxylation is 1. The molecule has 0 aliphatic carbocycles. The number of anilines is 3. The molecule has 0 aliphatic rings. The lowest BCUT2D eigenvalue weighted by Gasteiger charge is -2.11. The Kier molecular flexibility index (Phi) is 5.07. The molecule has 0 unspecified atom stereocenters. The summed E-state index contributed by atoms with van der Waals surface area (Å²) < 4.78 is 18.2. The van der Waals surface area contributed by atoms with Gasteiger partial charge in [0.05, 0.1) is 25.2 Å². The molecule has 3 rings (SSSR count). The molecule has 0 atom stereocenters. The largest absolute Gasteiger partial charge is 0.495 e. The maximum Gasteiger partial charge on any atom is 0.275 e. The lowest BCUT2D eigenvalue weighted by Crippen LogP contribution is -2.14. The summed E-state index contributed by atoms with van der Waals surface area (Å²) in [6, 6.07) is 11.2. The van der Waals surface area contributed by atoms with Gasteiger partial charge >= 0.3 is 0 Å². The molecule has 0 radical (unpaired) electrons. The van der Waals surface area contributed by atoms with Gasteiger partial charge in [-0.25, -0.2) is 14.4 Å². The van der Waals surface area contributed by atoms with Crippen LogP contribution in [0.15, 0.2) is 54.9 Å². The van der Waals surface area contributed by atoms with E-state index in [-0.39, 0.29) is 11.5 Å². The van der Waals surface area contributed by atoms with E-state index >= 15 is 0 Å². The van der Waals surface area contributed by atoms with Crippen LogP contribution in [0.25, 0.3) is 0 Å². The van der Waals surface area contributed by atoms with Crippen LogP contribution in [-0.4, -0.2) is 23.0 Å². The summed E-state index contributed by atoms with van der Waals surface area (Å²) in [6.45, 7) is 1.97. The van der Waals surface area contributed by atoms with Crippen molar-refractivity contribution in [1.29, 1.82) is 0 Å². The van der Waals surface area contributed by atoms with Crippen molar-refractivity contribution in [3.63, 3.8) is 0 Å². The average molecular weight is 352 g/mol. The summed E-state index contributed by atoms with van der Waals surface area (Å²) in [6.07, 6.45) is 2.82. The molecule has 3 aromatic rings. The summed E-state index contributed by atoms with van der Waals surface area (Å²) in [7, 11) is 1.59. The predicted octanol–water partition coefficient (Wildman–Crippen LogP) is 3.93. The molecular weight excluding hydrogens is 335 g/mol. The van der Waals surface area contributed by atoms with Crippen molar-refractivity contribution in [2.45, 2.75) is 6.92 Å². The van der Waals surface area contributed by atoms with E-state index in [1.54, 1.807) is 7.11 Å². The highest BCUT2D eigenvalue weighted by Crippen LogP contribution is 2.27. The normalized spacial score (nSPS) is 10.3. The van der Waals surface area contributed by atoms with E-state index in [0.717, 1.165) is 11.3 Å². The summed E-state index contributed by atoms with van der Waals surface area (Å²) in [5, 5.41) is 5.75. The maximum atomic E-state index is 12.9. The number of hydrogen-bond donors (Lipinski definition) is 2. The second-order valence-electron chi connectivity index (χ2n) is 5.58. The van der Waals surface area contributed by atoms with Crippen molar-refractivity contribution >= 4 is 23.1 Å². The van der Waals surface area contributed by atoms with Crippen molar-refractivity contribution < 1.29 is 13.9 Å². The van der Waals surface area contributed by atoms with E-state index < -0.39 is 5.91 Å². The Hall–Kier alpha value is -3.48. The van der Waals surface area contributed by atoms with Gasteiger partial charge in [-0.15, -0.1) is 0 Å². The van der Waals surface area contributed by atoms with Crippen LogP contribution in [0.5, 0.6) is 5.75 Å². The van der Waals surface area contributed by atoms with Gasteiger partial charge in [-0.05, 0) is 48.9 Å². The molecule has 1 amide bonds. The third-order valence-electron chi connectivity index (χ3n) is 3.60. The van der Waals surface area contributed by atoms with Gasteiger partial charge in [0, 0.05) is 5.69 Å². The molecule has 2 N–H and O–H groups in total. The zero-order valence-corrected chi connectivity index (χ0v) is 14.3. The molecule has 0 saturated heterocycles. The Morgan fingerprint density at radius 1 is 1.08 bits per heavy atom. The molecule has 6 nitrogen and oxygen atoms in total. The molecule has 7 heteroatoms. The minimum atomic E-state index is -0.427. The quantitative estimate of drug-likeness (QED) is 0.728. The van der Waals surface area contributed by atoms with Crippen LogP contribution in [0.4, 0.5) is 21.6 Å². The van der Waals surface area contributed by atoms with Crippen molar-refractivity contribution in [3.8, 4) is 5.75 Å². The van der Waals surface area contributed by atoms with Crippen LogP contribution in [0.1, 0.15) is 16.1 Å². The number of carbonyl (C=O) groups is 1. The molecule has 2 aromatic carbocycles. The van der Waals surface area contributed by atoms with E-state index in [1.165, 1.54) is 36.7 Å². The number of benzene rings is 2. The smallest absolute Gasteiger partial charge is 0.275 e. The van der Waals surface area contributed by atoms with E-state index in [9.17, 15) is 9.18 Å². The average Bonchev–Trinajstić information content (AvgIpc) is 2.64. The molecule has 0 fully saturated rings. The fourth-order valence-electron chi connectivity index (χ4n) is 2.30. The number of halogens is 1. The van der Waals surface area contributed by atoms with Crippen LogP contribution < -0.4 is 15.4 Å². The fourth-order valence-corrected chi connectivity index (χ4v) is 2.30. The van der Waals surface area contributed by atoms with Gasteiger partial charge in [0.1, 0.15) is 23.1 Å². The van der Waals surface area contributed by atoms with E-state index in [2.05, 4.69) is 20.6 Å². The first kappa shape index (κ1) is 17.3. The van der Waals surface area contributed by atoms with Crippen LogP contribution >= 0.6 is 0 Å². The zero-order chi connectivity index (χ0) is 18.5. The predicted molar refractivity (Wildman–Crippen MR) is 97.4 cm³/mol. The Morgan fingerprint density at radius 3 is 2.50 bits per heavy atom. The highest BCUT2D eigenvalue weighted by atomic mass is 19.1. The summed E-state index contributed by atoms with van der Waals surface area (Å²) in [5.41, 5.74) is 2.45. The number of hydrogen-bond acceptors (Lipinski definition) is 5. The fraction of sp³-hybridized carbons (Fsp3) is 0.105. The van der Waals surface area contributed by atoms with Gasteiger partial charge < -0.3 is 15.4 Å². The van der Waals surface area contributed by atoms with Crippen molar-refractivity contribution in [2.24, 2.45) is 0 Å². The summed E-state index contributed by atoms with van der Waals surface area (Å²) >= 11 is 0. The van der Waals surface area contributed by atoms with Crippen LogP contribution in [-0.2, 0) is 0 Å². The number of nitrogens with zero attached hydrogens (tertiary/aromatic N) is 2. The molecule has 132 valence electrons. The van der Waals surface area contributed by atoms with Crippen LogP contribution in [0.3, 0.4) is 0 Å². The molecule has 1 aromatic heterocycles. The van der Waals surface area contributed by atoms with Gasteiger partial charge in [0.15, 0.2) is 0 Å². The lowest BCUT2D eigenvalue weighted by molar-refractivity contribution is 0.102. The van der Waals surface area contributed by atoms with Crippen LogP contribution in [0.2, 0.25) is 0 Å². The highest BCUT2D eigenvalue weighted by Gasteiger charge is 2.10. The molecule has 1 heterocycles. The SMILES string of the molecule is COc1ccc(C)cc1Nc1cnc(C(=O)Nc2ccc(F)cc2)cn1. The molecule has 0 aliphatic heterocycles. The lowest BCUT2D eigenvalue weighted by atomic mass is 10.2. The summed E-state index contributed by atoms with van der Waals surface area (Å²) in [4.78, 5) is 20.5. The Balaban J connectivity index is 1.71. The zero-order valence-electron chi connectivity index (χ0n) is 14.3. The van der Waals surface area contributed by atoms with Crippen molar-refractivity contribution in [1.82, 2.24) is 9.97 Å². The summed E-state index contributed by atoms with van der Waals surface area (Å²) in [5.74, 6) is 0.358. The first-order chi connectivity index (χ1) is 12.5. The minimum absolute atomic E-state index is 0.149. The number of methoxy groups -OCH3 is 1. The van der Waals surface area contributed by atoms with Gasteiger partial charge in [0.25, 0.3) is 5.91 Å². The number of amides is 1. The Bertz CT molecular complexity index is 912. The second-order valence-corrected chi connectivity index (χ2v) is 5.58. The van der Waals surface area contributed by atoms with Gasteiger partial charge in [-0.2, -0.15) is 0 Å². The molecule has 0 saturated carbocycles. The number of ether oxygens (including phenoxy) is 1. The van der Waals surface area contributed by atoms with Crippen molar-refractivity contribution in [3.05, 3.63) is 71.9 Å². The highest BCUT2D eigenvalue weighted by molar-refractivity contribution is 6.02.